The van der Waals surface area contributed by atoms with Gasteiger partial charge in [-0.2, -0.15) is 0 Å². The second kappa shape index (κ2) is 5.93. The van der Waals surface area contributed by atoms with Crippen molar-refractivity contribution in [2.45, 2.75) is 63.5 Å². The largest absolute Gasteiger partial charge is 0.467 e. The van der Waals surface area contributed by atoms with Crippen molar-refractivity contribution in [3.8, 4) is 0 Å². The molecular formula is C18H23NO3S. The van der Waals surface area contributed by atoms with Gasteiger partial charge in [0.15, 0.2) is 0 Å². The summed E-state index contributed by atoms with van der Waals surface area (Å²) in [6, 6.07) is 1.90. The van der Waals surface area contributed by atoms with Crippen LogP contribution in [0, 0.1) is 5.92 Å². The van der Waals surface area contributed by atoms with Gasteiger partial charge in [0.2, 0.25) is 0 Å². The molecule has 1 aromatic heterocycles. The lowest BCUT2D eigenvalue weighted by atomic mass is 9.84. The maximum atomic E-state index is 13.2. The monoisotopic (exact) mass is 333 g/mol. The Kier molecular flexibility index (Phi) is 3.92. The summed E-state index contributed by atoms with van der Waals surface area (Å²) in [7, 11) is 1.42. The van der Waals surface area contributed by atoms with E-state index in [4.69, 9.17) is 4.74 Å². The zero-order chi connectivity index (χ0) is 16.0. The van der Waals surface area contributed by atoms with Crippen LogP contribution in [0.4, 0.5) is 0 Å². The van der Waals surface area contributed by atoms with Crippen LogP contribution in [0.25, 0.3) is 0 Å². The average Bonchev–Trinajstić information content (AvgIpc) is 3.25. The fraction of sp³-hybridized carbons (Fsp3) is 0.667. The quantitative estimate of drug-likeness (QED) is 0.781. The number of ether oxygens (including phenoxy) is 1. The third-order valence-corrected chi connectivity index (χ3v) is 6.98. The first-order chi connectivity index (χ1) is 11.2. The third-order valence-electron chi connectivity index (χ3n) is 5.75. The fourth-order valence-corrected chi connectivity index (χ4v) is 5.86. The first-order valence-electron chi connectivity index (χ1n) is 8.71. The number of fused-ring (bicyclic) bond motifs is 2. The van der Waals surface area contributed by atoms with Gasteiger partial charge >= 0.3 is 5.97 Å². The number of hydrogen-bond donors (Lipinski definition) is 0. The zero-order valence-electron chi connectivity index (χ0n) is 13.5. The van der Waals surface area contributed by atoms with Crippen molar-refractivity contribution in [2.75, 3.05) is 7.11 Å². The molecule has 1 saturated heterocycles. The van der Waals surface area contributed by atoms with Crippen molar-refractivity contribution in [2.24, 2.45) is 5.92 Å². The summed E-state index contributed by atoms with van der Waals surface area (Å²) in [5, 5.41) is 0. The van der Waals surface area contributed by atoms with Gasteiger partial charge in [0.05, 0.1) is 12.0 Å². The van der Waals surface area contributed by atoms with E-state index in [9.17, 15) is 9.59 Å². The minimum atomic E-state index is -0.391. The van der Waals surface area contributed by atoms with E-state index in [-0.39, 0.29) is 17.9 Å². The van der Waals surface area contributed by atoms with Gasteiger partial charge in [0.25, 0.3) is 5.91 Å². The van der Waals surface area contributed by atoms with Gasteiger partial charge < -0.3 is 9.64 Å². The number of methoxy groups -OCH3 is 1. The van der Waals surface area contributed by atoms with Gasteiger partial charge in [0, 0.05) is 10.9 Å². The molecule has 3 atom stereocenters. The molecule has 1 aliphatic heterocycles. The Morgan fingerprint density at radius 2 is 2.04 bits per heavy atom. The molecule has 4 nitrogen and oxygen atoms in total. The highest BCUT2D eigenvalue weighted by Gasteiger charge is 2.48. The van der Waals surface area contributed by atoms with Crippen LogP contribution in [0.1, 0.15) is 58.6 Å². The highest BCUT2D eigenvalue weighted by atomic mass is 32.1. The number of aryl methyl sites for hydroxylation is 2. The van der Waals surface area contributed by atoms with E-state index in [1.165, 1.54) is 30.4 Å². The number of likely N-dealkylation sites (tertiary alicyclic amines) is 1. The molecule has 0 radical (unpaired) electrons. The molecule has 2 aliphatic carbocycles. The Morgan fingerprint density at radius 3 is 2.83 bits per heavy atom. The maximum Gasteiger partial charge on any atom is 0.328 e. The van der Waals surface area contributed by atoms with Crippen molar-refractivity contribution in [1.82, 2.24) is 4.90 Å². The molecule has 3 aliphatic rings. The molecule has 0 unspecified atom stereocenters. The number of thiophene rings is 1. The summed E-state index contributed by atoms with van der Waals surface area (Å²) in [5.74, 6) is 0.259. The van der Waals surface area contributed by atoms with E-state index >= 15 is 0 Å². The lowest BCUT2D eigenvalue weighted by Gasteiger charge is -2.33. The normalized spacial score (nSPS) is 29.3. The number of carbonyl (C=O) groups excluding carboxylic acids is 2. The molecule has 0 bridgehead atoms. The Balaban J connectivity index is 1.64. The van der Waals surface area contributed by atoms with Crippen molar-refractivity contribution in [3.63, 3.8) is 0 Å². The smallest absolute Gasteiger partial charge is 0.328 e. The fourth-order valence-electron chi connectivity index (χ4n) is 4.66. The van der Waals surface area contributed by atoms with E-state index in [1.807, 2.05) is 4.90 Å². The molecule has 0 aromatic carbocycles. The molecule has 1 saturated carbocycles. The zero-order valence-corrected chi connectivity index (χ0v) is 14.4. The molecule has 124 valence electrons. The minimum Gasteiger partial charge on any atom is -0.467 e. The van der Waals surface area contributed by atoms with Crippen molar-refractivity contribution >= 4 is 23.2 Å². The molecule has 0 spiro atoms. The van der Waals surface area contributed by atoms with Gasteiger partial charge in [0.1, 0.15) is 6.04 Å². The number of rotatable bonds is 2. The second-order valence-electron chi connectivity index (χ2n) is 7.01. The molecule has 23 heavy (non-hydrogen) atoms. The van der Waals surface area contributed by atoms with Crippen LogP contribution in [-0.4, -0.2) is 36.0 Å². The molecule has 1 amide bonds. The summed E-state index contributed by atoms with van der Waals surface area (Å²) in [4.78, 5) is 29.4. The molecule has 0 N–H and O–H groups in total. The lowest BCUT2D eigenvalue weighted by Crippen LogP contribution is -2.46. The van der Waals surface area contributed by atoms with Gasteiger partial charge in [-0.05, 0) is 56.1 Å². The van der Waals surface area contributed by atoms with E-state index in [2.05, 4.69) is 6.07 Å². The van der Waals surface area contributed by atoms with Crippen LogP contribution in [0.5, 0.6) is 0 Å². The number of esters is 1. The molecule has 2 fully saturated rings. The summed E-state index contributed by atoms with van der Waals surface area (Å²) in [6.07, 6.45) is 8.68. The van der Waals surface area contributed by atoms with Gasteiger partial charge in [-0.3, -0.25) is 4.79 Å². The Labute approximate surface area is 140 Å². The standard InChI is InChI=1S/C18H23NO3S/c1-22-18(21)14-9-11-5-2-3-7-13(11)19(14)17(20)16-10-12-6-4-8-15(12)23-16/h10-11,13-14H,2-9H2,1H3/t11-,13+,14+/m1/s1. The topological polar surface area (TPSA) is 46.6 Å². The van der Waals surface area contributed by atoms with Crippen LogP contribution in [0.2, 0.25) is 0 Å². The van der Waals surface area contributed by atoms with Gasteiger partial charge in [-0.1, -0.05) is 12.8 Å². The summed E-state index contributed by atoms with van der Waals surface area (Å²) >= 11 is 1.63. The Hall–Kier alpha value is -1.36. The third kappa shape index (κ3) is 2.49. The molecular weight excluding hydrogens is 310 g/mol. The molecule has 1 aromatic rings. The molecule has 2 heterocycles. The summed E-state index contributed by atoms with van der Waals surface area (Å²) in [6.45, 7) is 0. The van der Waals surface area contributed by atoms with Crippen LogP contribution in [0.3, 0.4) is 0 Å². The Bertz CT molecular complexity index is 617. The first kappa shape index (κ1) is 15.2. The van der Waals surface area contributed by atoms with Gasteiger partial charge in [-0.15, -0.1) is 11.3 Å². The van der Waals surface area contributed by atoms with Gasteiger partial charge in [-0.25, -0.2) is 4.79 Å². The van der Waals surface area contributed by atoms with Crippen LogP contribution < -0.4 is 0 Å². The number of amides is 1. The van der Waals surface area contributed by atoms with E-state index in [0.29, 0.717) is 5.92 Å². The number of nitrogens with zero attached hydrogens (tertiary/aromatic N) is 1. The summed E-state index contributed by atoms with van der Waals surface area (Å²) < 4.78 is 4.99. The second-order valence-corrected chi connectivity index (χ2v) is 8.15. The van der Waals surface area contributed by atoms with Crippen LogP contribution in [0.15, 0.2) is 6.07 Å². The maximum absolute atomic E-state index is 13.2. The van der Waals surface area contributed by atoms with E-state index in [1.54, 1.807) is 11.3 Å². The number of hydrogen-bond acceptors (Lipinski definition) is 4. The predicted octanol–water partition coefficient (Wildman–Crippen LogP) is 3.18. The molecule has 5 heteroatoms. The van der Waals surface area contributed by atoms with Crippen molar-refractivity contribution < 1.29 is 14.3 Å². The van der Waals surface area contributed by atoms with Crippen LogP contribution in [-0.2, 0) is 22.4 Å². The highest BCUT2D eigenvalue weighted by Crippen LogP contribution is 2.42. The average molecular weight is 333 g/mol. The SMILES string of the molecule is COC(=O)[C@@H]1C[C@H]2CCCC[C@@H]2N1C(=O)c1cc2c(s1)CCC2. The van der Waals surface area contributed by atoms with Crippen LogP contribution >= 0.6 is 11.3 Å². The number of carbonyl (C=O) groups is 2. The van der Waals surface area contributed by atoms with E-state index in [0.717, 1.165) is 43.4 Å². The lowest BCUT2D eigenvalue weighted by molar-refractivity contribution is -0.145. The van der Waals surface area contributed by atoms with Crippen molar-refractivity contribution in [3.05, 3.63) is 21.4 Å². The molecule has 4 rings (SSSR count). The first-order valence-corrected chi connectivity index (χ1v) is 9.52. The highest BCUT2D eigenvalue weighted by molar-refractivity contribution is 7.14. The van der Waals surface area contributed by atoms with Crippen molar-refractivity contribution in [1.29, 1.82) is 0 Å². The summed E-state index contributed by atoms with van der Waals surface area (Å²) in [5.41, 5.74) is 1.34. The predicted molar refractivity (Wildman–Crippen MR) is 88.7 cm³/mol. The Morgan fingerprint density at radius 1 is 1.22 bits per heavy atom. The van der Waals surface area contributed by atoms with E-state index < -0.39 is 6.04 Å². The minimum absolute atomic E-state index is 0.0502.